The van der Waals surface area contributed by atoms with Crippen LogP contribution in [0.2, 0.25) is 10.2 Å². The van der Waals surface area contributed by atoms with Crippen molar-refractivity contribution in [3.05, 3.63) is 28.0 Å². The second kappa shape index (κ2) is 7.28. The number of aromatic nitrogens is 6. The number of H-pyrrole nitrogens is 1. The van der Waals surface area contributed by atoms with E-state index < -0.39 is 5.91 Å². The highest BCUT2D eigenvalue weighted by Crippen LogP contribution is 2.41. The molecule has 1 amide bonds. The fourth-order valence-electron chi connectivity index (χ4n) is 5.35. The smallest absolute Gasteiger partial charge is 0.268 e. The number of nitrogens with zero attached hydrogens (tertiary/aromatic N) is 6. The first-order valence-electron chi connectivity index (χ1n) is 10.7. The van der Waals surface area contributed by atoms with E-state index in [4.69, 9.17) is 39.7 Å². The van der Waals surface area contributed by atoms with Gasteiger partial charge in [0.1, 0.15) is 10.8 Å². The number of rotatable bonds is 3. The number of fused-ring (bicyclic) bond motifs is 4. The van der Waals surface area contributed by atoms with Crippen LogP contribution in [-0.4, -0.2) is 54.0 Å². The molecule has 5 N–H and O–H groups in total. The Morgan fingerprint density at radius 1 is 1.15 bits per heavy atom. The Kier molecular flexibility index (Phi) is 4.55. The molecule has 0 radical (unpaired) electrons. The first kappa shape index (κ1) is 20.6. The lowest BCUT2D eigenvalue weighted by atomic mass is 9.98. The minimum atomic E-state index is -0.663. The lowest BCUT2D eigenvalue weighted by molar-refractivity contribution is 0.0997. The average molecular weight is 486 g/mol. The normalized spacial score (nSPS) is 22.5. The number of primary amides is 1. The number of halogens is 2. The van der Waals surface area contributed by atoms with Crippen molar-refractivity contribution < 1.29 is 4.79 Å². The van der Waals surface area contributed by atoms with Gasteiger partial charge < -0.3 is 16.4 Å². The fourth-order valence-corrected chi connectivity index (χ4v) is 5.97. The van der Waals surface area contributed by atoms with E-state index in [0.717, 1.165) is 25.7 Å². The van der Waals surface area contributed by atoms with E-state index in [-0.39, 0.29) is 23.8 Å². The third kappa shape index (κ3) is 3.01. The van der Waals surface area contributed by atoms with Crippen LogP contribution < -0.4 is 16.4 Å². The van der Waals surface area contributed by atoms with Crippen LogP contribution in [0, 0.1) is 0 Å². The number of hydrogen-bond acceptors (Lipinski definition) is 7. The van der Waals surface area contributed by atoms with Crippen LogP contribution in [0.1, 0.15) is 36.2 Å². The van der Waals surface area contributed by atoms with E-state index in [9.17, 15) is 4.79 Å². The molecule has 2 aliphatic heterocycles. The lowest BCUT2D eigenvalue weighted by Gasteiger charge is -2.37. The van der Waals surface area contributed by atoms with Gasteiger partial charge in [-0.2, -0.15) is 15.2 Å². The maximum absolute atomic E-state index is 12.5. The van der Waals surface area contributed by atoms with E-state index in [2.05, 4.69) is 25.2 Å². The number of anilines is 1. The second-order valence-electron chi connectivity index (χ2n) is 8.79. The monoisotopic (exact) mass is 485 g/mol. The molecule has 0 saturated carbocycles. The van der Waals surface area contributed by atoms with Crippen molar-refractivity contribution >= 4 is 57.0 Å². The maximum atomic E-state index is 12.5. The molecule has 10 nitrogen and oxygen atoms in total. The summed E-state index contributed by atoms with van der Waals surface area (Å²) in [4.78, 5) is 24.0. The van der Waals surface area contributed by atoms with Crippen LogP contribution in [0.5, 0.6) is 0 Å². The number of nitrogens with one attached hydrogen (secondary N) is 1. The number of benzene rings is 1. The van der Waals surface area contributed by atoms with Gasteiger partial charge in [0.25, 0.3) is 5.91 Å². The van der Waals surface area contributed by atoms with Crippen LogP contribution in [0.15, 0.2) is 12.1 Å². The van der Waals surface area contributed by atoms with Crippen LogP contribution in [-0.2, 0) is 7.05 Å². The van der Waals surface area contributed by atoms with Gasteiger partial charge in [-0.3, -0.25) is 14.6 Å². The quantitative estimate of drug-likeness (QED) is 0.404. The number of nitrogens with two attached hydrogens (primary N) is 2. The summed E-state index contributed by atoms with van der Waals surface area (Å²) in [5, 5.41) is 13.5. The molecule has 33 heavy (non-hydrogen) atoms. The molecule has 2 atom stereocenters. The molecule has 1 aromatic carbocycles. The lowest BCUT2D eigenvalue weighted by Crippen LogP contribution is -2.48. The van der Waals surface area contributed by atoms with Gasteiger partial charge in [0.15, 0.2) is 5.65 Å². The largest absolute Gasteiger partial charge is 0.364 e. The molecule has 2 bridgehead atoms. The third-order valence-corrected chi connectivity index (χ3v) is 7.60. The van der Waals surface area contributed by atoms with Gasteiger partial charge in [-0.25, -0.2) is 4.98 Å². The van der Waals surface area contributed by atoms with Gasteiger partial charge in [0.05, 0.1) is 27.0 Å². The van der Waals surface area contributed by atoms with E-state index in [1.165, 1.54) is 0 Å². The zero-order valence-corrected chi connectivity index (χ0v) is 19.2. The van der Waals surface area contributed by atoms with Crippen molar-refractivity contribution in [3.63, 3.8) is 0 Å². The number of aromatic amines is 1. The molecule has 4 aromatic rings. The standard InChI is InChI=1S/C21H21Cl2N9O/c1-31-18(23)13-12(30-31)5-4-11(15(13)22)16-14-17(19(25)33)26-21(27-20(14)29-28-16)32-9-2-3-10(32)7-8(24)6-9/h4-5,8-10H,2-3,6-7,24H2,1H3,(H2,25,33)(H,26,27,28,29). The van der Waals surface area contributed by atoms with E-state index in [1.807, 2.05) is 6.07 Å². The van der Waals surface area contributed by atoms with E-state index in [0.29, 0.717) is 49.3 Å². The first-order chi connectivity index (χ1) is 15.8. The van der Waals surface area contributed by atoms with Crippen LogP contribution >= 0.6 is 23.2 Å². The molecule has 6 rings (SSSR count). The predicted octanol–water partition coefficient (Wildman–Crippen LogP) is 2.77. The molecule has 0 spiro atoms. The highest BCUT2D eigenvalue weighted by Gasteiger charge is 2.41. The van der Waals surface area contributed by atoms with Crippen LogP contribution in [0.4, 0.5) is 5.95 Å². The summed E-state index contributed by atoms with van der Waals surface area (Å²) in [6.07, 6.45) is 3.80. The highest BCUT2D eigenvalue weighted by atomic mass is 35.5. The molecule has 2 aliphatic rings. The number of hydrogen-bond donors (Lipinski definition) is 3. The molecule has 2 unspecified atom stereocenters. The van der Waals surface area contributed by atoms with Gasteiger partial charge in [0, 0.05) is 30.7 Å². The molecule has 2 fully saturated rings. The van der Waals surface area contributed by atoms with Crippen molar-refractivity contribution in [2.24, 2.45) is 18.5 Å². The van der Waals surface area contributed by atoms with Crippen LogP contribution in [0.25, 0.3) is 33.2 Å². The molecule has 12 heteroatoms. The summed E-state index contributed by atoms with van der Waals surface area (Å²) in [6.45, 7) is 0. The Labute approximate surface area is 198 Å². The third-order valence-electron chi connectivity index (χ3n) is 6.77. The van der Waals surface area contributed by atoms with Crippen molar-refractivity contribution in [2.75, 3.05) is 4.90 Å². The second-order valence-corrected chi connectivity index (χ2v) is 9.53. The van der Waals surface area contributed by atoms with E-state index >= 15 is 0 Å². The molecular weight excluding hydrogens is 465 g/mol. The zero-order valence-electron chi connectivity index (χ0n) is 17.7. The summed E-state index contributed by atoms with van der Waals surface area (Å²) in [5.41, 5.74) is 14.2. The highest BCUT2D eigenvalue weighted by molar-refractivity contribution is 6.43. The summed E-state index contributed by atoms with van der Waals surface area (Å²) < 4.78 is 1.55. The van der Waals surface area contributed by atoms with Gasteiger partial charge >= 0.3 is 0 Å². The Balaban J connectivity index is 1.54. The number of piperidine rings is 1. The Morgan fingerprint density at radius 2 is 1.88 bits per heavy atom. The number of carbonyl (C=O) groups excluding carboxylic acids is 1. The van der Waals surface area contributed by atoms with Gasteiger partial charge in [-0.1, -0.05) is 23.2 Å². The maximum Gasteiger partial charge on any atom is 0.268 e. The van der Waals surface area contributed by atoms with Crippen molar-refractivity contribution in [3.8, 4) is 11.3 Å². The predicted molar refractivity (Wildman–Crippen MR) is 126 cm³/mol. The van der Waals surface area contributed by atoms with Crippen molar-refractivity contribution in [2.45, 2.75) is 43.8 Å². The SMILES string of the molecule is Cn1nc2ccc(-c3[nH]nc4nc(N5C6CCC5CC(N)C6)nc(C(N)=O)c34)c(Cl)c2c1Cl. The minimum absolute atomic E-state index is 0.0986. The number of aryl methyl sites for hydroxylation is 1. The fraction of sp³-hybridized carbons (Fsp3) is 0.381. The molecular formula is C21H21Cl2N9O. The average Bonchev–Trinajstić information content (AvgIpc) is 3.40. The summed E-state index contributed by atoms with van der Waals surface area (Å²) in [6, 6.07) is 4.28. The Bertz CT molecular complexity index is 1430. The number of amides is 1. The van der Waals surface area contributed by atoms with Crippen molar-refractivity contribution in [1.29, 1.82) is 0 Å². The zero-order chi connectivity index (χ0) is 23.0. The Hall–Kier alpha value is -2.95. The molecule has 5 heterocycles. The molecule has 3 aromatic heterocycles. The molecule has 170 valence electrons. The van der Waals surface area contributed by atoms with E-state index in [1.54, 1.807) is 17.8 Å². The summed E-state index contributed by atoms with van der Waals surface area (Å²) in [7, 11) is 1.74. The first-order valence-corrected chi connectivity index (χ1v) is 11.5. The van der Waals surface area contributed by atoms with Crippen molar-refractivity contribution in [1.82, 2.24) is 29.9 Å². The van der Waals surface area contributed by atoms with Gasteiger partial charge in [-0.15, -0.1) is 0 Å². The summed E-state index contributed by atoms with van der Waals surface area (Å²) >= 11 is 13.1. The minimum Gasteiger partial charge on any atom is -0.364 e. The Morgan fingerprint density at radius 3 is 2.58 bits per heavy atom. The van der Waals surface area contributed by atoms with Gasteiger partial charge in [0.2, 0.25) is 5.95 Å². The topological polar surface area (TPSA) is 145 Å². The summed E-state index contributed by atoms with van der Waals surface area (Å²) in [5.74, 6) is -0.199. The van der Waals surface area contributed by atoms with Crippen LogP contribution in [0.3, 0.4) is 0 Å². The molecule has 0 aliphatic carbocycles. The number of carbonyl (C=O) groups is 1. The van der Waals surface area contributed by atoms with Gasteiger partial charge in [-0.05, 0) is 37.8 Å². The molecule has 2 saturated heterocycles.